The van der Waals surface area contributed by atoms with Gasteiger partial charge in [0.25, 0.3) is 0 Å². The molecule has 0 saturated heterocycles. The predicted molar refractivity (Wildman–Crippen MR) is 93.2 cm³/mol. The van der Waals surface area contributed by atoms with Crippen LogP contribution in [0, 0.1) is 0 Å². The van der Waals surface area contributed by atoms with Crippen LogP contribution in [0.5, 0.6) is 0 Å². The summed E-state index contributed by atoms with van der Waals surface area (Å²) >= 11 is 1.82. The summed E-state index contributed by atoms with van der Waals surface area (Å²) in [5.74, 6) is 0. The van der Waals surface area contributed by atoms with Crippen molar-refractivity contribution in [1.29, 1.82) is 0 Å². The summed E-state index contributed by atoms with van der Waals surface area (Å²) in [6, 6.07) is 13.3. The summed E-state index contributed by atoms with van der Waals surface area (Å²) in [5.41, 5.74) is 8.51. The molecule has 1 heterocycles. The molecule has 0 aliphatic carbocycles. The van der Waals surface area contributed by atoms with Crippen LogP contribution in [0.1, 0.15) is 16.5 Å². The van der Waals surface area contributed by atoms with Crippen molar-refractivity contribution in [3.8, 4) is 0 Å². The monoisotopic (exact) mass is 303 g/mol. The molecular weight excluding hydrogens is 278 g/mol. The minimum absolute atomic E-state index is 0.279. The molecule has 2 aromatic rings. The van der Waals surface area contributed by atoms with Crippen molar-refractivity contribution in [3.05, 3.63) is 52.2 Å². The van der Waals surface area contributed by atoms with Gasteiger partial charge in [-0.05, 0) is 42.6 Å². The lowest BCUT2D eigenvalue weighted by atomic mass is 10.0. The van der Waals surface area contributed by atoms with Gasteiger partial charge in [-0.2, -0.15) is 0 Å². The molecule has 4 heteroatoms. The molecule has 1 aromatic heterocycles. The predicted octanol–water partition coefficient (Wildman–Crippen LogP) is 2.99. The van der Waals surface area contributed by atoms with Crippen molar-refractivity contribution in [3.63, 3.8) is 0 Å². The zero-order valence-corrected chi connectivity index (χ0v) is 13.9. The third-order valence-corrected chi connectivity index (χ3v) is 4.78. The van der Waals surface area contributed by atoms with E-state index in [9.17, 15) is 0 Å². The highest BCUT2D eigenvalue weighted by atomic mass is 32.1. The topological polar surface area (TPSA) is 32.5 Å². The highest BCUT2D eigenvalue weighted by Crippen LogP contribution is 2.22. The molecule has 0 aliphatic heterocycles. The average Bonchev–Trinajstić information content (AvgIpc) is 3.00. The van der Waals surface area contributed by atoms with E-state index in [1.54, 1.807) is 0 Å². The molecule has 1 unspecified atom stereocenters. The van der Waals surface area contributed by atoms with Gasteiger partial charge in [-0.1, -0.05) is 18.2 Å². The Labute approximate surface area is 132 Å². The van der Waals surface area contributed by atoms with Gasteiger partial charge in [0, 0.05) is 43.8 Å². The van der Waals surface area contributed by atoms with Crippen molar-refractivity contribution in [1.82, 2.24) is 4.90 Å². The Morgan fingerprint density at radius 3 is 2.33 bits per heavy atom. The number of nitrogens with zero attached hydrogens (tertiary/aromatic N) is 2. The van der Waals surface area contributed by atoms with E-state index in [1.807, 2.05) is 11.3 Å². The maximum absolute atomic E-state index is 6.00. The summed E-state index contributed by atoms with van der Waals surface area (Å²) in [4.78, 5) is 5.90. The lowest BCUT2D eigenvalue weighted by Gasteiger charge is -2.27. The molecule has 0 saturated carbocycles. The average molecular weight is 303 g/mol. The van der Waals surface area contributed by atoms with E-state index < -0.39 is 0 Å². The molecule has 1 aromatic carbocycles. The number of hydrogen-bond donors (Lipinski definition) is 1. The highest BCUT2D eigenvalue weighted by Gasteiger charge is 2.15. The van der Waals surface area contributed by atoms with Crippen LogP contribution in [0.25, 0.3) is 0 Å². The Kier molecular flexibility index (Phi) is 5.79. The van der Waals surface area contributed by atoms with Gasteiger partial charge in [0.15, 0.2) is 0 Å². The molecule has 114 valence electrons. The van der Waals surface area contributed by atoms with Gasteiger partial charge in [0.1, 0.15) is 0 Å². The molecule has 0 bridgehead atoms. The summed E-state index contributed by atoms with van der Waals surface area (Å²) in [7, 11) is 6.27. The van der Waals surface area contributed by atoms with E-state index >= 15 is 0 Å². The first kappa shape index (κ1) is 16.0. The van der Waals surface area contributed by atoms with E-state index in [2.05, 4.69) is 72.7 Å². The first-order valence-corrected chi connectivity index (χ1v) is 8.19. The number of anilines is 1. The number of likely N-dealkylation sites (N-methyl/N-ethyl adjacent to an activating group) is 1. The first-order valence-electron chi connectivity index (χ1n) is 7.31. The minimum Gasteiger partial charge on any atom is -0.378 e. The molecule has 0 radical (unpaired) electrons. The smallest absolute Gasteiger partial charge is 0.0467 e. The fourth-order valence-corrected chi connectivity index (χ4v) is 3.16. The van der Waals surface area contributed by atoms with Crippen LogP contribution >= 0.6 is 11.3 Å². The van der Waals surface area contributed by atoms with E-state index in [0.29, 0.717) is 6.54 Å². The third kappa shape index (κ3) is 4.30. The normalized spacial score (nSPS) is 12.6. The quantitative estimate of drug-likeness (QED) is 0.853. The lowest BCUT2D eigenvalue weighted by molar-refractivity contribution is 0.254. The van der Waals surface area contributed by atoms with Crippen LogP contribution in [-0.4, -0.2) is 39.1 Å². The van der Waals surface area contributed by atoms with Crippen molar-refractivity contribution in [2.24, 2.45) is 5.73 Å². The zero-order valence-electron chi connectivity index (χ0n) is 13.1. The second-order valence-corrected chi connectivity index (χ2v) is 6.58. The van der Waals surface area contributed by atoms with Gasteiger partial charge >= 0.3 is 0 Å². The molecule has 1 atom stereocenters. The molecule has 2 N–H and O–H groups in total. The second-order valence-electron chi connectivity index (χ2n) is 5.55. The maximum Gasteiger partial charge on any atom is 0.0467 e. The first-order chi connectivity index (χ1) is 10.1. The minimum atomic E-state index is 0.279. The van der Waals surface area contributed by atoms with Crippen molar-refractivity contribution >= 4 is 17.0 Å². The number of rotatable bonds is 7. The van der Waals surface area contributed by atoms with Crippen LogP contribution in [0.15, 0.2) is 41.8 Å². The number of nitrogens with two attached hydrogens (primary N) is 1. The van der Waals surface area contributed by atoms with Gasteiger partial charge in [-0.15, -0.1) is 11.3 Å². The number of hydrogen-bond acceptors (Lipinski definition) is 4. The Hall–Kier alpha value is -1.36. The number of benzene rings is 1. The molecule has 0 amide bonds. The second kappa shape index (κ2) is 7.59. The highest BCUT2D eigenvalue weighted by molar-refractivity contribution is 7.09. The standard InChI is InChI=1S/C17H25N3S/c1-19(2)15-8-6-14(7-9-15)17(13-18)20(3)11-10-16-5-4-12-21-16/h4-9,12,17H,10-11,13,18H2,1-3H3. The van der Waals surface area contributed by atoms with Gasteiger partial charge in [0.2, 0.25) is 0 Å². The summed E-state index contributed by atoms with van der Waals surface area (Å²) in [5, 5.41) is 2.13. The molecule has 3 nitrogen and oxygen atoms in total. The Balaban J connectivity index is 2.00. The van der Waals surface area contributed by atoms with Crippen molar-refractivity contribution in [2.75, 3.05) is 39.1 Å². The summed E-state index contributed by atoms with van der Waals surface area (Å²) < 4.78 is 0. The Bertz CT molecular complexity index is 519. The van der Waals surface area contributed by atoms with Crippen LogP contribution in [0.3, 0.4) is 0 Å². The SMILES string of the molecule is CN(C)c1ccc(C(CN)N(C)CCc2cccs2)cc1. The number of thiophene rings is 1. The van der Waals surface area contributed by atoms with Gasteiger partial charge in [-0.3, -0.25) is 4.90 Å². The summed E-state index contributed by atoms with van der Waals surface area (Å²) in [6.07, 6.45) is 1.08. The molecule has 0 fully saturated rings. The molecule has 21 heavy (non-hydrogen) atoms. The molecular formula is C17H25N3S. The third-order valence-electron chi connectivity index (χ3n) is 3.84. The maximum atomic E-state index is 6.00. The van der Waals surface area contributed by atoms with Gasteiger partial charge in [0.05, 0.1) is 0 Å². The van der Waals surface area contributed by atoms with Crippen molar-refractivity contribution < 1.29 is 0 Å². The van der Waals surface area contributed by atoms with Crippen LogP contribution in [0.2, 0.25) is 0 Å². The fourth-order valence-electron chi connectivity index (χ4n) is 2.46. The van der Waals surface area contributed by atoms with E-state index in [4.69, 9.17) is 5.73 Å². The van der Waals surface area contributed by atoms with Crippen LogP contribution in [-0.2, 0) is 6.42 Å². The largest absolute Gasteiger partial charge is 0.378 e. The zero-order chi connectivity index (χ0) is 15.2. The summed E-state index contributed by atoms with van der Waals surface area (Å²) in [6.45, 7) is 1.67. The van der Waals surface area contributed by atoms with E-state index in [1.165, 1.54) is 16.1 Å². The van der Waals surface area contributed by atoms with E-state index in [-0.39, 0.29) is 6.04 Å². The Morgan fingerprint density at radius 1 is 1.10 bits per heavy atom. The molecule has 2 rings (SSSR count). The van der Waals surface area contributed by atoms with Crippen LogP contribution in [0.4, 0.5) is 5.69 Å². The van der Waals surface area contributed by atoms with Crippen molar-refractivity contribution in [2.45, 2.75) is 12.5 Å². The molecule has 0 spiro atoms. The Morgan fingerprint density at radius 2 is 1.81 bits per heavy atom. The fraction of sp³-hybridized carbons (Fsp3) is 0.412. The van der Waals surface area contributed by atoms with Gasteiger partial charge in [-0.25, -0.2) is 0 Å². The van der Waals surface area contributed by atoms with E-state index in [0.717, 1.165) is 13.0 Å². The van der Waals surface area contributed by atoms with Gasteiger partial charge < -0.3 is 10.6 Å². The lowest BCUT2D eigenvalue weighted by Crippen LogP contribution is -2.32. The van der Waals surface area contributed by atoms with Crippen LogP contribution < -0.4 is 10.6 Å². The molecule has 0 aliphatic rings.